The zero-order valence-corrected chi connectivity index (χ0v) is 18.6. The van der Waals surface area contributed by atoms with Gasteiger partial charge in [0.25, 0.3) is 5.56 Å². The zero-order valence-electron chi connectivity index (χ0n) is 17.8. The molecule has 0 spiro atoms. The van der Waals surface area contributed by atoms with Gasteiger partial charge in [-0.05, 0) is 44.5 Å². The number of carbonyl (C=O) groups is 1. The highest BCUT2D eigenvalue weighted by Gasteiger charge is 2.21. The standard InChI is InChI=1S/C23H25N5O2S/c1-4-5-14-27-21(30)18-8-6-7-9-19(18)28-22(27)25-26-23(28)31-16(3)20(29)24-17-12-10-15(2)11-13-17/h6-13,16H,4-5,14H2,1-3H3,(H,24,29). The van der Waals surface area contributed by atoms with Crippen molar-refractivity contribution in [3.8, 4) is 0 Å². The number of rotatable bonds is 7. The van der Waals surface area contributed by atoms with Crippen LogP contribution in [0.3, 0.4) is 0 Å². The largest absolute Gasteiger partial charge is 0.325 e. The molecule has 1 unspecified atom stereocenters. The number of hydrogen-bond donors (Lipinski definition) is 1. The third-order valence-corrected chi connectivity index (χ3v) is 6.23. The van der Waals surface area contributed by atoms with Crippen LogP contribution in [0.2, 0.25) is 0 Å². The van der Waals surface area contributed by atoms with Gasteiger partial charge < -0.3 is 5.32 Å². The van der Waals surface area contributed by atoms with E-state index >= 15 is 0 Å². The summed E-state index contributed by atoms with van der Waals surface area (Å²) < 4.78 is 3.56. The van der Waals surface area contributed by atoms with Crippen molar-refractivity contribution < 1.29 is 4.79 Å². The molecule has 0 aliphatic carbocycles. The highest BCUT2D eigenvalue weighted by molar-refractivity contribution is 8.00. The van der Waals surface area contributed by atoms with Gasteiger partial charge >= 0.3 is 0 Å². The van der Waals surface area contributed by atoms with Crippen molar-refractivity contribution in [1.29, 1.82) is 0 Å². The molecule has 31 heavy (non-hydrogen) atoms. The second-order valence-electron chi connectivity index (χ2n) is 7.56. The molecule has 2 heterocycles. The predicted octanol–water partition coefficient (Wildman–Crippen LogP) is 4.27. The molecule has 0 bridgehead atoms. The van der Waals surface area contributed by atoms with E-state index in [-0.39, 0.29) is 11.5 Å². The van der Waals surface area contributed by atoms with Crippen molar-refractivity contribution >= 4 is 40.0 Å². The first-order chi connectivity index (χ1) is 15.0. The molecule has 0 aliphatic heterocycles. The normalized spacial score (nSPS) is 12.4. The monoisotopic (exact) mass is 435 g/mol. The third-order valence-electron chi connectivity index (χ3n) is 5.18. The summed E-state index contributed by atoms with van der Waals surface area (Å²) >= 11 is 1.33. The Morgan fingerprint density at radius 2 is 1.87 bits per heavy atom. The second-order valence-corrected chi connectivity index (χ2v) is 8.87. The summed E-state index contributed by atoms with van der Waals surface area (Å²) in [6.07, 6.45) is 1.84. The predicted molar refractivity (Wildman–Crippen MR) is 125 cm³/mol. The minimum atomic E-state index is -0.400. The van der Waals surface area contributed by atoms with Gasteiger partial charge in [0.05, 0.1) is 16.2 Å². The highest BCUT2D eigenvalue weighted by Crippen LogP contribution is 2.26. The van der Waals surface area contributed by atoms with Crippen molar-refractivity contribution in [3.63, 3.8) is 0 Å². The lowest BCUT2D eigenvalue weighted by Gasteiger charge is -2.13. The van der Waals surface area contributed by atoms with Gasteiger partial charge in [-0.15, -0.1) is 10.2 Å². The Labute approximate surface area is 184 Å². The number of para-hydroxylation sites is 1. The Hall–Kier alpha value is -3.13. The lowest BCUT2D eigenvalue weighted by Crippen LogP contribution is -2.24. The molecule has 2 aromatic carbocycles. The lowest BCUT2D eigenvalue weighted by atomic mass is 10.2. The summed E-state index contributed by atoms with van der Waals surface area (Å²) in [6, 6.07) is 15.1. The fraction of sp³-hybridized carbons (Fsp3) is 0.304. The Morgan fingerprint density at radius 3 is 2.61 bits per heavy atom. The van der Waals surface area contributed by atoms with Crippen LogP contribution >= 0.6 is 11.8 Å². The average molecular weight is 436 g/mol. The van der Waals surface area contributed by atoms with E-state index in [1.165, 1.54) is 11.8 Å². The molecule has 0 saturated carbocycles. The first-order valence-electron chi connectivity index (χ1n) is 10.4. The van der Waals surface area contributed by atoms with E-state index in [2.05, 4.69) is 22.4 Å². The first kappa shape index (κ1) is 21.1. The van der Waals surface area contributed by atoms with Gasteiger partial charge in [0, 0.05) is 12.2 Å². The van der Waals surface area contributed by atoms with Crippen molar-refractivity contribution in [1.82, 2.24) is 19.2 Å². The summed E-state index contributed by atoms with van der Waals surface area (Å²) in [4.78, 5) is 25.8. The Morgan fingerprint density at radius 1 is 1.13 bits per heavy atom. The molecule has 4 aromatic rings. The molecule has 8 heteroatoms. The van der Waals surface area contributed by atoms with Crippen LogP contribution in [0.25, 0.3) is 16.7 Å². The van der Waals surface area contributed by atoms with Crippen LogP contribution in [0.4, 0.5) is 5.69 Å². The number of unbranched alkanes of at least 4 members (excludes halogenated alkanes) is 1. The summed E-state index contributed by atoms with van der Waals surface area (Å²) in [5, 5.41) is 12.4. The van der Waals surface area contributed by atoms with E-state index in [1.807, 2.05) is 66.8 Å². The molecule has 0 fully saturated rings. The third kappa shape index (κ3) is 4.20. The van der Waals surface area contributed by atoms with Crippen molar-refractivity contribution in [3.05, 3.63) is 64.4 Å². The minimum absolute atomic E-state index is 0.0642. The molecule has 160 valence electrons. The summed E-state index contributed by atoms with van der Waals surface area (Å²) in [5.74, 6) is 0.389. The number of carbonyl (C=O) groups excluding carboxylic acids is 1. The van der Waals surface area contributed by atoms with Crippen LogP contribution < -0.4 is 10.9 Å². The molecule has 2 aromatic heterocycles. The molecule has 0 saturated heterocycles. The molecule has 0 aliphatic rings. The average Bonchev–Trinajstić information content (AvgIpc) is 3.18. The first-order valence-corrected chi connectivity index (χ1v) is 11.3. The number of fused-ring (bicyclic) bond motifs is 3. The fourth-order valence-corrected chi connectivity index (χ4v) is 4.28. The van der Waals surface area contributed by atoms with E-state index < -0.39 is 5.25 Å². The topological polar surface area (TPSA) is 81.3 Å². The van der Waals surface area contributed by atoms with Crippen molar-refractivity contribution in [2.75, 3.05) is 5.32 Å². The second kappa shape index (κ2) is 8.93. The van der Waals surface area contributed by atoms with E-state index in [9.17, 15) is 9.59 Å². The fourth-order valence-electron chi connectivity index (χ4n) is 3.42. The van der Waals surface area contributed by atoms with Gasteiger partial charge in [-0.2, -0.15) is 0 Å². The molecule has 1 N–H and O–H groups in total. The summed E-state index contributed by atoms with van der Waals surface area (Å²) in [5.41, 5.74) is 2.57. The Bertz CT molecular complexity index is 1290. The number of amides is 1. The van der Waals surface area contributed by atoms with Gasteiger partial charge in [0.15, 0.2) is 5.16 Å². The van der Waals surface area contributed by atoms with E-state index in [0.717, 1.165) is 29.6 Å². The Kier molecular flexibility index (Phi) is 6.08. The van der Waals surface area contributed by atoms with Crippen LogP contribution in [-0.2, 0) is 11.3 Å². The van der Waals surface area contributed by atoms with Crippen LogP contribution in [0.15, 0.2) is 58.5 Å². The van der Waals surface area contributed by atoms with E-state index in [0.29, 0.717) is 22.9 Å². The molecular weight excluding hydrogens is 410 g/mol. The Balaban J connectivity index is 1.69. The molecule has 7 nitrogen and oxygen atoms in total. The van der Waals surface area contributed by atoms with Gasteiger partial charge in [0.2, 0.25) is 11.7 Å². The van der Waals surface area contributed by atoms with Crippen molar-refractivity contribution in [2.45, 2.75) is 50.6 Å². The number of anilines is 1. The number of hydrogen-bond acceptors (Lipinski definition) is 5. The van der Waals surface area contributed by atoms with Gasteiger partial charge in [-0.1, -0.05) is 54.9 Å². The van der Waals surface area contributed by atoms with Gasteiger partial charge in [-0.25, -0.2) is 0 Å². The smallest absolute Gasteiger partial charge is 0.262 e. The van der Waals surface area contributed by atoms with Gasteiger partial charge in [-0.3, -0.25) is 18.6 Å². The minimum Gasteiger partial charge on any atom is -0.325 e. The van der Waals surface area contributed by atoms with Crippen LogP contribution in [0.1, 0.15) is 32.3 Å². The SMILES string of the molecule is CCCCn1c(=O)c2ccccc2n2c(SC(C)C(=O)Nc3ccc(C)cc3)nnc12. The summed E-state index contributed by atoms with van der Waals surface area (Å²) in [7, 11) is 0. The number of nitrogens with one attached hydrogen (secondary N) is 1. The van der Waals surface area contributed by atoms with E-state index in [1.54, 1.807) is 4.57 Å². The molecule has 4 rings (SSSR count). The maximum atomic E-state index is 13.0. The molecule has 0 radical (unpaired) electrons. The molecule has 1 amide bonds. The van der Waals surface area contributed by atoms with Crippen LogP contribution in [-0.4, -0.2) is 30.3 Å². The quantitative estimate of drug-likeness (QED) is 0.439. The van der Waals surface area contributed by atoms with E-state index in [4.69, 9.17) is 0 Å². The number of thioether (sulfide) groups is 1. The van der Waals surface area contributed by atoms with Crippen LogP contribution in [0.5, 0.6) is 0 Å². The number of benzene rings is 2. The maximum absolute atomic E-state index is 13.0. The maximum Gasteiger partial charge on any atom is 0.262 e. The number of nitrogens with zero attached hydrogens (tertiary/aromatic N) is 4. The highest BCUT2D eigenvalue weighted by atomic mass is 32.2. The number of aryl methyl sites for hydroxylation is 2. The van der Waals surface area contributed by atoms with Crippen molar-refractivity contribution in [2.24, 2.45) is 0 Å². The molecular formula is C23H25N5O2S. The summed E-state index contributed by atoms with van der Waals surface area (Å²) in [6.45, 7) is 6.51. The van der Waals surface area contributed by atoms with Crippen LogP contribution in [0, 0.1) is 6.92 Å². The zero-order chi connectivity index (χ0) is 22.0. The number of aromatic nitrogens is 4. The molecule has 1 atom stereocenters. The lowest BCUT2D eigenvalue weighted by molar-refractivity contribution is -0.115. The van der Waals surface area contributed by atoms with Gasteiger partial charge in [0.1, 0.15) is 0 Å².